The molecule has 0 bridgehead atoms. The molecular formula is C8H11ClO2P+. The second-order valence-electron chi connectivity index (χ2n) is 2.39. The Balaban J connectivity index is 0.00000121. The van der Waals surface area contributed by atoms with Crippen LogP contribution >= 0.6 is 20.4 Å². The van der Waals surface area contributed by atoms with Gasteiger partial charge in [-0.3, -0.25) is 0 Å². The number of hydrogen-bond acceptors (Lipinski definition) is 1. The zero-order valence-corrected chi connectivity index (χ0v) is 8.39. The van der Waals surface area contributed by atoms with Gasteiger partial charge in [0.2, 0.25) is 5.66 Å². The lowest BCUT2D eigenvalue weighted by molar-refractivity contribution is 0.493. The standard InChI is InChI=1S/C8H9O2P.ClH/c1-7(11(9)10)8-5-3-2-4-6-8;/h2-7H,1H3;1H/p+1. The Morgan fingerprint density at radius 1 is 1.33 bits per heavy atom. The fraction of sp³-hybridized carbons (Fsp3) is 0.250. The summed E-state index contributed by atoms with van der Waals surface area (Å²) < 4.78 is 10.6. The van der Waals surface area contributed by atoms with Crippen LogP contribution in [0.3, 0.4) is 0 Å². The monoisotopic (exact) mass is 205 g/mol. The summed E-state index contributed by atoms with van der Waals surface area (Å²) in [6, 6.07) is 9.33. The van der Waals surface area contributed by atoms with Gasteiger partial charge in [-0.05, 0) is 11.5 Å². The Labute approximate surface area is 78.9 Å². The van der Waals surface area contributed by atoms with Crippen LogP contribution in [0.4, 0.5) is 0 Å². The maximum Gasteiger partial charge on any atom is 0.513 e. The van der Waals surface area contributed by atoms with Crippen LogP contribution in [0.15, 0.2) is 30.3 Å². The Morgan fingerprint density at radius 3 is 2.25 bits per heavy atom. The molecule has 4 heteroatoms. The average molecular weight is 206 g/mol. The summed E-state index contributed by atoms with van der Waals surface area (Å²) >= 11 is 0. The molecule has 0 aliphatic heterocycles. The lowest BCUT2D eigenvalue weighted by atomic mass is 10.2. The van der Waals surface area contributed by atoms with E-state index < -0.39 is 8.03 Å². The molecule has 0 radical (unpaired) electrons. The third-order valence-corrected chi connectivity index (χ3v) is 2.57. The molecule has 0 aromatic heterocycles. The molecule has 0 saturated carbocycles. The minimum Gasteiger partial charge on any atom is -0.160 e. The topological polar surface area (TPSA) is 37.3 Å². The van der Waals surface area contributed by atoms with Crippen molar-refractivity contribution < 1.29 is 9.46 Å². The third-order valence-electron chi connectivity index (χ3n) is 1.61. The van der Waals surface area contributed by atoms with Crippen LogP contribution in [0.2, 0.25) is 0 Å². The fourth-order valence-corrected chi connectivity index (χ4v) is 1.29. The van der Waals surface area contributed by atoms with Gasteiger partial charge in [-0.1, -0.05) is 30.3 Å². The van der Waals surface area contributed by atoms with E-state index in [0.717, 1.165) is 5.56 Å². The Kier molecular flexibility index (Phi) is 5.07. The minimum absolute atomic E-state index is 0. The molecule has 2 nitrogen and oxygen atoms in total. The summed E-state index contributed by atoms with van der Waals surface area (Å²) in [6.45, 7) is 1.74. The lowest BCUT2D eigenvalue weighted by Crippen LogP contribution is -1.85. The van der Waals surface area contributed by atoms with Gasteiger partial charge in [-0.15, -0.1) is 12.4 Å². The van der Waals surface area contributed by atoms with Gasteiger partial charge in [0.25, 0.3) is 0 Å². The van der Waals surface area contributed by atoms with E-state index in [1.807, 2.05) is 30.3 Å². The van der Waals surface area contributed by atoms with Crippen molar-refractivity contribution in [3.63, 3.8) is 0 Å². The van der Waals surface area contributed by atoms with E-state index in [0.29, 0.717) is 0 Å². The highest BCUT2D eigenvalue weighted by atomic mass is 35.5. The highest BCUT2D eigenvalue weighted by molar-refractivity contribution is 7.38. The van der Waals surface area contributed by atoms with E-state index in [9.17, 15) is 4.57 Å². The van der Waals surface area contributed by atoms with Crippen molar-refractivity contribution in [1.29, 1.82) is 0 Å². The predicted octanol–water partition coefficient (Wildman–Crippen LogP) is 2.90. The highest BCUT2D eigenvalue weighted by Crippen LogP contribution is 2.36. The average Bonchev–Trinajstić information content (AvgIpc) is 2.05. The van der Waals surface area contributed by atoms with Gasteiger partial charge in [0.15, 0.2) is 0 Å². The molecule has 12 heavy (non-hydrogen) atoms. The van der Waals surface area contributed by atoms with E-state index in [4.69, 9.17) is 4.89 Å². The van der Waals surface area contributed by atoms with Crippen LogP contribution < -0.4 is 0 Å². The molecule has 1 aromatic rings. The molecule has 0 aliphatic rings. The van der Waals surface area contributed by atoms with Crippen LogP contribution in [0.25, 0.3) is 0 Å². The molecule has 1 N–H and O–H groups in total. The molecule has 0 amide bonds. The molecule has 0 saturated heterocycles. The molecular weight excluding hydrogens is 195 g/mol. The number of benzene rings is 1. The summed E-state index contributed by atoms with van der Waals surface area (Å²) in [5.74, 6) is 0. The summed E-state index contributed by atoms with van der Waals surface area (Å²) in [5.41, 5.74) is 0.655. The highest BCUT2D eigenvalue weighted by Gasteiger charge is 2.24. The first kappa shape index (κ1) is 11.6. The van der Waals surface area contributed by atoms with E-state index >= 15 is 0 Å². The first-order valence-corrected chi connectivity index (χ1v) is 4.70. The molecule has 0 fully saturated rings. The van der Waals surface area contributed by atoms with Crippen LogP contribution in [0.5, 0.6) is 0 Å². The van der Waals surface area contributed by atoms with Crippen LogP contribution in [0, 0.1) is 0 Å². The smallest absolute Gasteiger partial charge is 0.160 e. The molecule has 0 heterocycles. The zero-order valence-electron chi connectivity index (χ0n) is 6.68. The summed E-state index contributed by atoms with van der Waals surface area (Å²) in [7, 11) is -2.09. The van der Waals surface area contributed by atoms with Crippen molar-refractivity contribution >= 4 is 20.4 Å². The van der Waals surface area contributed by atoms with Crippen LogP contribution in [-0.2, 0) is 4.57 Å². The fourth-order valence-electron chi connectivity index (χ4n) is 0.859. The van der Waals surface area contributed by atoms with E-state index in [1.54, 1.807) is 6.92 Å². The molecule has 0 aliphatic carbocycles. The van der Waals surface area contributed by atoms with Crippen molar-refractivity contribution in [3.8, 4) is 0 Å². The van der Waals surface area contributed by atoms with Gasteiger partial charge >= 0.3 is 8.03 Å². The van der Waals surface area contributed by atoms with Crippen molar-refractivity contribution in [3.05, 3.63) is 35.9 Å². The second-order valence-corrected chi connectivity index (χ2v) is 3.77. The van der Waals surface area contributed by atoms with E-state index in [1.165, 1.54) is 0 Å². The Morgan fingerprint density at radius 2 is 1.83 bits per heavy atom. The molecule has 1 rings (SSSR count). The number of rotatable bonds is 2. The second kappa shape index (κ2) is 5.26. The molecule has 2 unspecified atom stereocenters. The molecule has 2 atom stereocenters. The SMILES string of the molecule is CC(c1ccccc1)[P+](=O)O.Cl. The van der Waals surface area contributed by atoms with Crippen LogP contribution in [-0.4, -0.2) is 4.89 Å². The van der Waals surface area contributed by atoms with Crippen molar-refractivity contribution in [2.24, 2.45) is 0 Å². The van der Waals surface area contributed by atoms with Crippen LogP contribution in [0.1, 0.15) is 18.1 Å². The van der Waals surface area contributed by atoms with Crippen molar-refractivity contribution in [2.45, 2.75) is 12.6 Å². The maximum absolute atomic E-state index is 10.6. The van der Waals surface area contributed by atoms with Gasteiger partial charge in [0, 0.05) is 5.56 Å². The quantitative estimate of drug-likeness (QED) is 0.754. The van der Waals surface area contributed by atoms with Gasteiger partial charge in [0.05, 0.1) is 0 Å². The van der Waals surface area contributed by atoms with Crippen molar-refractivity contribution in [1.82, 2.24) is 0 Å². The van der Waals surface area contributed by atoms with E-state index in [2.05, 4.69) is 0 Å². The maximum atomic E-state index is 10.6. The first-order chi connectivity index (χ1) is 5.22. The molecule has 66 valence electrons. The normalized spacial score (nSPS) is 13.0. The van der Waals surface area contributed by atoms with Crippen molar-refractivity contribution in [2.75, 3.05) is 0 Å². The molecule has 1 aromatic carbocycles. The summed E-state index contributed by atoms with van der Waals surface area (Å²) in [6.07, 6.45) is 0. The first-order valence-electron chi connectivity index (χ1n) is 3.42. The van der Waals surface area contributed by atoms with Gasteiger partial charge in [-0.2, -0.15) is 4.89 Å². The molecule has 0 spiro atoms. The largest absolute Gasteiger partial charge is 0.513 e. The lowest BCUT2D eigenvalue weighted by Gasteiger charge is -1.95. The summed E-state index contributed by atoms with van der Waals surface area (Å²) in [5, 5.41) is 0. The van der Waals surface area contributed by atoms with Gasteiger partial charge in [-0.25, -0.2) is 0 Å². The Hall–Kier alpha value is -0.430. The minimum atomic E-state index is -2.09. The Bertz CT molecular complexity index is 250. The predicted molar refractivity (Wildman–Crippen MR) is 51.9 cm³/mol. The third kappa shape index (κ3) is 2.90. The number of halogens is 1. The zero-order chi connectivity index (χ0) is 8.27. The van der Waals surface area contributed by atoms with Gasteiger partial charge < -0.3 is 0 Å². The summed E-state index contributed by atoms with van der Waals surface area (Å²) in [4.78, 5) is 8.78. The number of hydrogen-bond donors (Lipinski definition) is 1. The van der Waals surface area contributed by atoms with Gasteiger partial charge in [0.1, 0.15) is 0 Å². The van der Waals surface area contributed by atoms with E-state index in [-0.39, 0.29) is 18.1 Å².